The number of carbonyl (C=O) groups is 1. The predicted molar refractivity (Wildman–Crippen MR) is 96.8 cm³/mol. The Morgan fingerprint density at radius 1 is 1.15 bits per heavy atom. The Hall–Kier alpha value is -2.49. The largest absolute Gasteiger partial charge is 0.351 e. The minimum Gasteiger partial charge on any atom is -0.351 e. The Bertz CT molecular complexity index is 929. The first-order chi connectivity index (χ1) is 12.2. The molecule has 8 nitrogen and oxygen atoms in total. The Morgan fingerprint density at radius 3 is 2.42 bits per heavy atom. The molecule has 0 aliphatic carbocycles. The number of nitrogens with one attached hydrogen (secondary N) is 2. The van der Waals surface area contributed by atoms with Crippen LogP contribution in [-0.2, 0) is 10.0 Å². The number of sulfonamides is 1. The van der Waals surface area contributed by atoms with Gasteiger partial charge < -0.3 is 5.32 Å². The van der Waals surface area contributed by atoms with E-state index in [9.17, 15) is 23.3 Å². The molecule has 0 heterocycles. The first kappa shape index (κ1) is 19.8. The molecular formula is C16H16ClN3O5S. The van der Waals surface area contributed by atoms with Crippen LogP contribution in [0.3, 0.4) is 0 Å². The Labute approximate surface area is 155 Å². The van der Waals surface area contributed by atoms with E-state index < -0.39 is 20.9 Å². The minimum atomic E-state index is -3.68. The van der Waals surface area contributed by atoms with Gasteiger partial charge in [0.1, 0.15) is 0 Å². The number of hydrogen-bond donors (Lipinski definition) is 2. The van der Waals surface area contributed by atoms with Crippen molar-refractivity contribution in [3.63, 3.8) is 0 Å². The highest BCUT2D eigenvalue weighted by atomic mass is 35.5. The van der Waals surface area contributed by atoms with Gasteiger partial charge in [-0.05, 0) is 25.1 Å². The topological polar surface area (TPSA) is 118 Å². The monoisotopic (exact) mass is 397 g/mol. The van der Waals surface area contributed by atoms with E-state index in [1.807, 2.05) is 6.92 Å². The fourth-order valence-corrected chi connectivity index (χ4v) is 3.29. The predicted octanol–water partition coefficient (Wildman–Crippen LogP) is 2.26. The van der Waals surface area contributed by atoms with Gasteiger partial charge in [-0.25, -0.2) is 13.1 Å². The van der Waals surface area contributed by atoms with Gasteiger partial charge in [0.25, 0.3) is 11.6 Å². The zero-order valence-corrected chi connectivity index (χ0v) is 15.3. The number of carbonyl (C=O) groups excluding carboxylic acids is 1. The average molecular weight is 398 g/mol. The van der Waals surface area contributed by atoms with Crippen LogP contribution in [0.15, 0.2) is 47.4 Å². The summed E-state index contributed by atoms with van der Waals surface area (Å²) in [5, 5.41) is 13.3. The van der Waals surface area contributed by atoms with Crippen LogP contribution in [0.1, 0.15) is 15.9 Å². The number of amides is 1. The van der Waals surface area contributed by atoms with Crippen molar-refractivity contribution in [1.82, 2.24) is 10.0 Å². The number of hydrogen-bond acceptors (Lipinski definition) is 5. The van der Waals surface area contributed by atoms with Crippen LogP contribution in [0.4, 0.5) is 5.69 Å². The highest BCUT2D eigenvalue weighted by molar-refractivity contribution is 7.89. The summed E-state index contributed by atoms with van der Waals surface area (Å²) in [4.78, 5) is 22.3. The third kappa shape index (κ3) is 5.01. The Morgan fingerprint density at radius 2 is 1.81 bits per heavy atom. The maximum atomic E-state index is 12.1. The highest BCUT2D eigenvalue weighted by Gasteiger charge is 2.16. The number of nitrogens with zero attached hydrogens (tertiary/aromatic N) is 1. The number of aryl methyl sites for hydroxylation is 1. The molecule has 2 N–H and O–H groups in total. The molecule has 0 atom stereocenters. The molecule has 2 aromatic carbocycles. The van der Waals surface area contributed by atoms with Crippen LogP contribution in [-0.4, -0.2) is 32.3 Å². The average Bonchev–Trinajstić information content (AvgIpc) is 2.59. The lowest BCUT2D eigenvalue weighted by atomic mass is 10.2. The van der Waals surface area contributed by atoms with Gasteiger partial charge in [-0.3, -0.25) is 14.9 Å². The second kappa shape index (κ2) is 8.26. The molecule has 0 aliphatic heterocycles. The third-order valence-electron chi connectivity index (χ3n) is 3.44. The number of halogens is 1. The molecule has 138 valence electrons. The minimum absolute atomic E-state index is 0.0110. The molecule has 1 amide bonds. The van der Waals surface area contributed by atoms with E-state index in [-0.39, 0.29) is 34.3 Å². The van der Waals surface area contributed by atoms with Crippen molar-refractivity contribution in [1.29, 1.82) is 0 Å². The van der Waals surface area contributed by atoms with Crippen molar-refractivity contribution in [2.24, 2.45) is 0 Å². The van der Waals surface area contributed by atoms with Crippen LogP contribution < -0.4 is 10.0 Å². The molecule has 2 aromatic rings. The smallest absolute Gasteiger partial charge is 0.270 e. The van der Waals surface area contributed by atoms with E-state index in [2.05, 4.69) is 10.0 Å². The summed E-state index contributed by atoms with van der Waals surface area (Å²) in [5.41, 5.74) is 0.618. The fraction of sp³-hybridized carbons (Fsp3) is 0.188. The molecule has 26 heavy (non-hydrogen) atoms. The number of nitro groups is 1. The van der Waals surface area contributed by atoms with Gasteiger partial charge in [0.05, 0.1) is 20.4 Å². The van der Waals surface area contributed by atoms with E-state index in [1.165, 1.54) is 24.3 Å². The SMILES string of the molecule is Cc1ccc(S(=O)(=O)NCCNC(=O)c2cc([N+](=O)[O-])ccc2Cl)cc1. The molecule has 0 unspecified atom stereocenters. The zero-order valence-electron chi connectivity index (χ0n) is 13.7. The standard InChI is InChI=1S/C16H16ClN3O5S/c1-11-2-5-13(6-3-11)26(24,25)19-9-8-18-16(21)14-10-12(20(22)23)4-7-15(14)17/h2-7,10,19H,8-9H2,1H3,(H,18,21). The zero-order chi connectivity index (χ0) is 19.3. The third-order valence-corrected chi connectivity index (χ3v) is 5.25. The molecule has 10 heteroatoms. The molecule has 0 bridgehead atoms. The molecule has 0 aliphatic rings. The van der Waals surface area contributed by atoms with E-state index in [1.54, 1.807) is 12.1 Å². The highest BCUT2D eigenvalue weighted by Crippen LogP contribution is 2.21. The lowest BCUT2D eigenvalue weighted by Gasteiger charge is -2.09. The van der Waals surface area contributed by atoms with Gasteiger partial charge in [0.15, 0.2) is 0 Å². The van der Waals surface area contributed by atoms with Crippen molar-refractivity contribution >= 4 is 33.2 Å². The molecule has 0 saturated heterocycles. The van der Waals surface area contributed by atoms with Crippen LogP contribution >= 0.6 is 11.6 Å². The van der Waals surface area contributed by atoms with Gasteiger partial charge >= 0.3 is 0 Å². The van der Waals surface area contributed by atoms with E-state index >= 15 is 0 Å². The van der Waals surface area contributed by atoms with E-state index in [0.29, 0.717) is 0 Å². The summed E-state index contributed by atoms with van der Waals surface area (Å²) in [6.45, 7) is 1.79. The lowest BCUT2D eigenvalue weighted by molar-refractivity contribution is -0.384. The van der Waals surface area contributed by atoms with E-state index in [4.69, 9.17) is 11.6 Å². The molecule has 2 rings (SSSR count). The first-order valence-electron chi connectivity index (χ1n) is 7.49. The van der Waals surface area contributed by atoms with Gasteiger partial charge in [0, 0.05) is 25.2 Å². The summed E-state index contributed by atoms with van der Waals surface area (Å²) < 4.78 is 26.6. The normalized spacial score (nSPS) is 11.2. The number of benzene rings is 2. The summed E-state index contributed by atoms with van der Waals surface area (Å²) in [7, 11) is -3.68. The second-order valence-electron chi connectivity index (χ2n) is 5.39. The summed E-state index contributed by atoms with van der Waals surface area (Å²) in [6, 6.07) is 9.84. The summed E-state index contributed by atoms with van der Waals surface area (Å²) >= 11 is 5.88. The van der Waals surface area contributed by atoms with E-state index in [0.717, 1.165) is 11.6 Å². The van der Waals surface area contributed by atoms with Gasteiger partial charge in [-0.2, -0.15) is 0 Å². The maximum Gasteiger partial charge on any atom is 0.270 e. The molecule has 0 fully saturated rings. The number of nitro benzene ring substituents is 1. The molecule has 0 spiro atoms. The fourth-order valence-electron chi connectivity index (χ4n) is 2.06. The number of rotatable bonds is 7. The lowest BCUT2D eigenvalue weighted by Crippen LogP contribution is -2.34. The Kier molecular flexibility index (Phi) is 6.30. The molecular weight excluding hydrogens is 382 g/mol. The van der Waals surface area contributed by atoms with Crippen molar-refractivity contribution in [2.45, 2.75) is 11.8 Å². The van der Waals surface area contributed by atoms with Crippen LogP contribution in [0, 0.1) is 17.0 Å². The maximum absolute atomic E-state index is 12.1. The van der Waals surface area contributed by atoms with Crippen LogP contribution in [0.2, 0.25) is 5.02 Å². The quantitative estimate of drug-likeness (QED) is 0.422. The van der Waals surface area contributed by atoms with Crippen molar-refractivity contribution in [2.75, 3.05) is 13.1 Å². The number of non-ortho nitro benzene ring substituents is 1. The van der Waals surface area contributed by atoms with Gasteiger partial charge in [0.2, 0.25) is 10.0 Å². The van der Waals surface area contributed by atoms with Crippen LogP contribution in [0.25, 0.3) is 0 Å². The Balaban J connectivity index is 1.93. The first-order valence-corrected chi connectivity index (χ1v) is 9.35. The van der Waals surface area contributed by atoms with Crippen molar-refractivity contribution in [3.8, 4) is 0 Å². The van der Waals surface area contributed by atoms with Crippen LogP contribution in [0.5, 0.6) is 0 Å². The van der Waals surface area contributed by atoms with Crippen molar-refractivity contribution in [3.05, 3.63) is 68.7 Å². The molecule has 0 aromatic heterocycles. The summed E-state index contributed by atoms with van der Waals surface area (Å²) in [6.07, 6.45) is 0. The van der Waals surface area contributed by atoms with Crippen molar-refractivity contribution < 1.29 is 18.1 Å². The van der Waals surface area contributed by atoms with Gasteiger partial charge in [-0.15, -0.1) is 0 Å². The summed E-state index contributed by atoms with van der Waals surface area (Å²) in [5.74, 6) is -0.631. The van der Waals surface area contributed by atoms with Gasteiger partial charge in [-0.1, -0.05) is 29.3 Å². The molecule has 0 radical (unpaired) electrons. The molecule has 0 saturated carbocycles. The second-order valence-corrected chi connectivity index (χ2v) is 7.56.